The van der Waals surface area contributed by atoms with E-state index in [1.54, 1.807) is 26.0 Å². The van der Waals surface area contributed by atoms with E-state index in [0.717, 1.165) is 0 Å². The molecule has 25 heavy (non-hydrogen) atoms. The van der Waals surface area contributed by atoms with Crippen molar-refractivity contribution in [2.45, 2.75) is 33.4 Å². The van der Waals surface area contributed by atoms with Crippen LogP contribution in [-0.4, -0.2) is 21.2 Å². The number of furan rings is 2. The van der Waals surface area contributed by atoms with Crippen molar-refractivity contribution in [3.63, 3.8) is 0 Å². The molecule has 0 aliphatic rings. The fourth-order valence-electron chi connectivity index (χ4n) is 2.68. The Balaban J connectivity index is 1.93. The summed E-state index contributed by atoms with van der Waals surface area (Å²) in [6.07, 6.45) is 2.76. The monoisotopic (exact) mass is 343 g/mol. The van der Waals surface area contributed by atoms with Gasteiger partial charge in [-0.15, -0.1) is 0 Å². The second kappa shape index (κ2) is 6.39. The molecule has 0 saturated carbocycles. The summed E-state index contributed by atoms with van der Waals surface area (Å²) in [6, 6.07) is 2.64. The standard InChI is InChI=1S/C17H17N3O5/c1-9(15(22)18-7-12-5-4-6-24-12)20-8-19-16-14(17(20)23)13(10(2)21)11(3)25-16/h4-6,8-9H,7H2,1-3H3,(H,18,22). The molecule has 0 aliphatic carbocycles. The van der Waals surface area contributed by atoms with Crippen LogP contribution < -0.4 is 10.9 Å². The van der Waals surface area contributed by atoms with E-state index in [0.29, 0.717) is 11.5 Å². The second-order valence-corrected chi connectivity index (χ2v) is 5.70. The number of nitrogens with one attached hydrogen (secondary N) is 1. The molecule has 0 bridgehead atoms. The summed E-state index contributed by atoms with van der Waals surface area (Å²) in [5.74, 6) is 0.276. The Morgan fingerprint density at radius 2 is 2.16 bits per heavy atom. The average Bonchev–Trinajstić information content (AvgIpc) is 3.19. The Morgan fingerprint density at radius 3 is 2.80 bits per heavy atom. The molecule has 1 unspecified atom stereocenters. The number of ketones is 1. The maximum Gasteiger partial charge on any atom is 0.266 e. The van der Waals surface area contributed by atoms with Gasteiger partial charge in [0.2, 0.25) is 11.6 Å². The van der Waals surface area contributed by atoms with Crippen molar-refractivity contribution in [2.75, 3.05) is 0 Å². The fourth-order valence-corrected chi connectivity index (χ4v) is 2.68. The first-order chi connectivity index (χ1) is 11.9. The molecule has 0 aliphatic heterocycles. The van der Waals surface area contributed by atoms with E-state index >= 15 is 0 Å². The molecular weight excluding hydrogens is 326 g/mol. The minimum absolute atomic E-state index is 0.0899. The van der Waals surface area contributed by atoms with Gasteiger partial charge in [0.1, 0.15) is 29.3 Å². The molecule has 0 spiro atoms. The summed E-state index contributed by atoms with van der Waals surface area (Å²) < 4.78 is 11.7. The molecule has 0 saturated heterocycles. The van der Waals surface area contributed by atoms with Crippen LogP contribution >= 0.6 is 0 Å². The van der Waals surface area contributed by atoms with Crippen LogP contribution in [0.1, 0.15) is 41.8 Å². The topological polar surface area (TPSA) is 107 Å². The van der Waals surface area contributed by atoms with Crippen molar-refractivity contribution >= 4 is 22.8 Å². The molecule has 1 N–H and O–H groups in total. The average molecular weight is 343 g/mol. The lowest BCUT2D eigenvalue weighted by molar-refractivity contribution is -0.124. The number of aromatic nitrogens is 2. The maximum absolute atomic E-state index is 12.8. The van der Waals surface area contributed by atoms with Gasteiger partial charge in [0.05, 0.1) is 18.4 Å². The minimum Gasteiger partial charge on any atom is -0.467 e. The number of carbonyl (C=O) groups excluding carboxylic acids is 2. The highest BCUT2D eigenvalue weighted by atomic mass is 16.3. The summed E-state index contributed by atoms with van der Waals surface area (Å²) >= 11 is 0. The third kappa shape index (κ3) is 2.98. The highest BCUT2D eigenvalue weighted by molar-refractivity contribution is 6.06. The van der Waals surface area contributed by atoms with Crippen LogP contribution in [0.15, 0.2) is 38.4 Å². The maximum atomic E-state index is 12.8. The first-order valence-electron chi connectivity index (χ1n) is 7.71. The third-order valence-electron chi connectivity index (χ3n) is 3.98. The summed E-state index contributed by atoms with van der Waals surface area (Å²) in [5.41, 5.74) is -0.204. The highest BCUT2D eigenvalue weighted by Crippen LogP contribution is 2.21. The zero-order valence-electron chi connectivity index (χ0n) is 14.0. The van der Waals surface area contributed by atoms with Crippen molar-refractivity contribution in [2.24, 2.45) is 0 Å². The molecule has 1 amide bonds. The first-order valence-corrected chi connectivity index (χ1v) is 7.71. The quantitative estimate of drug-likeness (QED) is 0.710. The summed E-state index contributed by atoms with van der Waals surface area (Å²) in [5, 5.41) is 2.79. The van der Waals surface area contributed by atoms with Crippen LogP contribution in [0.4, 0.5) is 0 Å². The molecule has 0 fully saturated rings. The van der Waals surface area contributed by atoms with E-state index in [1.807, 2.05) is 0 Å². The number of nitrogens with zero attached hydrogens (tertiary/aromatic N) is 2. The Labute approximate surface area is 142 Å². The molecule has 8 nitrogen and oxygen atoms in total. The van der Waals surface area contributed by atoms with Crippen LogP contribution in [0, 0.1) is 6.92 Å². The number of fused-ring (bicyclic) bond motifs is 1. The molecule has 130 valence electrons. The number of hydrogen-bond donors (Lipinski definition) is 1. The van der Waals surface area contributed by atoms with Gasteiger partial charge >= 0.3 is 0 Å². The zero-order chi connectivity index (χ0) is 18.1. The van der Waals surface area contributed by atoms with Gasteiger partial charge in [-0.1, -0.05) is 0 Å². The molecule has 3 aromatic rings. The van der Waals surface area contributed by atoms with Crippen molar-refractivity contribution < 1.29 is 18.4 Å². The number of Topliss-reactive ketones (excluding diaryl/α,β-unsaturated/α-hetero) is 1. The van der Waals surface area contributed by atoms with E-state index < -0.39 is 11.6 Å². The van der Waals surface area contributed by atoms with Gasteiger partial charge in [-0.2, -0.15) is 0 Å². The summed E-state index contributed by atoms with van der Waals surface area (Å²) in [6.45, 7) is 4.74. The van der Waals surface area contributed by atoms with Crippen molar-refractivity contribution in [1.29, 1.82) is 0 Å². The van der Waals surface area contributed by atoms with Gasteiger partial charge in [-0.3, -0.25) is 19.0 Å². The normalized spacial score (nSPS) is 12.3. The second-order valence-electron chi connectivity index (χ2n) is 5.70. The Hall–Kier alpha value is -3.16. The van der Waals surface area contributed by atoms with Gasteiger partial charge in [0, 0.05) is 0 Å². The lowest BCUT2D eigenvalue weighted by Gasteiger charge is -2.14. The van der Waals surface area contributed by atoms with Crippen molar-refractivity contribution in [3.8, 4) is 0 Å². The SMILES string of the molecule is CC(=O)c1c(C)oc2ncn(C(C)C(=O)NCc3ccco3)c(=O)c12. The van der Waals surface area contributed by atoms with Crippen molar-refractivity contribution in [1.82, 2.24) is 14.9 Å². The van der Waals surface area contributed by atoms with Crippen LogP contribution in [0.2, 0.25) is 0 Å². The lowest BCUT2D eigenvalue weighted by atomic mass is 10.1. The Bertz CT molecular complexity index is 997. The molecule has 0 aromatic carbocycles. The van der Waals surface area contributed by atoms with Gasteiger partial charge in [-0.05, 0) is 32.9 Å². The molecule has 0 radical (unpaired) electrons. The molecule has 3 heterocycles. The molecule has 3 rings (SSSR count). The summed E-state index contributed by atoms with van der Waals surface area (Å²) in [4.78, 5) is 41.0. The van der Waals surface area contributed by atoms with E-state index in [4.69, 9.17) is 8.83 Å². The third-order valence-corrected chi connectivity index (χ3v) is 3.98. The van der Waals surface area contributed by atoms with Crippen molar-refractivity contribution in [3.05, 3.63) is 52.2 Å². The number of hydrogen-bond acceptors (Lipinski definition) is 6. The first kappa shape index (κ1) is 16.7. The lowest BCUT2D eigenvalue weighted by Crippen LogP contribution is -2.35. The molecule has 1 atom stereocenters. The highest BCUT2D eigenvalue weighted by Gasteiger charge is 2.23. The zero-order valence-corrected chi connectivity index (χ0v) is 14.0. The molecule has 8 heteroatoms. The number of rotatable bonds is 5. The summed E-state index contributed by atoms with van der Waals surface area (Å²) in [7, 11) is 0. The van der Waals surface area contributed by atoms with Crippen LogP contribution in [0.3, 0.4) is 0 Å². The smallest absolute Gasteiger partial charge is 0.266 e. The van der Waals surface area contributed by atoms with Gasteiger partial charge in [-0.25, -0.2) is 4.98 Å². The van der Waals surface area contributed by atoms with Crippen LogP contribution in [0.25, 0.3) is 11.1 Å². The van der Waals surface area contributed by atoms with E-state index in [-0.39, 0.29) is 34.9 Å². The number of carbonyl (C=O) groups is 2. The molecule has 3 aromatic heterocycles. The fraction of sp³-hybridized carbons (Fsp3) is 0.294. The van der Waals surface area contributed by atoms with E-state index in [1.165, 1.54) is 24.1 Å². The van der Waals surface area contributed by atoms with Gasteiger partial charge < -0.3 is 14.2 Å². The Kier molecular flexibility index (Phi) is 4.26. The van der Waals surface area contributed by atoms with Gasteiger partial charge in [0.25, 0.3) is 5.56 Å². The predicted molar refractivity (Wildman–Crippen MR) is 88.3 cm³/mol. The Morgan fingerprint density at radius 1 is 1.40 bits per heavy atom. The van der Waals surface area contributed by atoms with Crippen LogP contribution in [-0.2, 0) is 11.3 Å². The van der Waals surface area contributed by atoms with E-state index in [9.17, 15) is 14.4 Å². The van der Waals surface area contributed by atoms with Crippen LogP contribution in [0.5, 0.6) is 0 Å². The largest absolute Gasteiger partial charge is 0.467 e. The number of amides is 1. The van der Waals surface area contributed by atoms with Gasteiger partial charge in [0.15, 0.2) is 5.78 Å². The molecular formula is C17H17N3O5. The minimum atomic E-state index is -0.811. The van der Waals surface area contributed by atoms with E-state index in [2.05, 4.69) is 10.3 Å². The number of aryl methyl sites for hydroxylation is 1. The predicted octanol–water partition coefficient (Wildman–Crippen LogP) is 1.97.